The van der Waals surface area contributed by atoms with Gasteiger partial charge >= 0.3 is 0 Å². The van der Waals surface area contributed by atoms with E-state index in [1.807, 2.05) is 0 Å². The van der Waals surface area contributed by atoms with E-state index in [1.165, 1.54) is 96.7 Å². The lowest BCUT2D eigenvalue weighted by atomic mass is 9.71. The topological polar surface area (TPSA) is 29.3 Å². The number of rotatable bonds is 4. The number of likely N-dealkylation sites (tertiary alicyclic amines) is 1. The maximum Gasteiger partial charge on any atom is -0.00130 e. The van der Waals surface area contributed by atoms with Crippen molar-refractivity contribution in [1.29, 1.82) is 0 Å². The van der Waals surface area contributed by atoms with Gasteiger partial charge in [0.2, 0.25) is 0 Å². The van der Waals surface area contributed by atoms with E-state index < -0.39 is 0 Å². The van der Waals surface area contributed by atoms with Crippen molar-refractivity contribution in [3.8, 4) is 0 Å². The fourth-order valence-electron chi connectivity index (χ4n) is 5.13. The first kappa shape index (κ1) is 14.8. The lowest BCUT2D eigenvalue weighted by molar-refractivity contribution is 0.0848. The van der Waals surface area contributed by atoms with Gasteiger partial charge in [0.15, 0.2) is 0 Å². The van der Waals surface area contributed by atoms with Gasteiger partial charge < -0.3 is 10.6 Å². The fourth-order valence-corrected chi connectivity index (χ4v) is 5.13. The van der Waals surface area contributed by atoms with Crippen LogP contribution >= 0.6 is 0 Å². The zero-order valence-electron chi connectivity index (χ0n) is 13.3. The zero-order chi connectivity index (χ0) is 13.9. The van der Waals surface area contributed by atoms with Crippen molar-refractivity contribution in [1.82, 2.24) is 4.90 Å². The SMILES string of the molecule is NCC1(CCN2CCC3(CCCC3)CC2)CCCCC1. The molecule has 1 spiro atoms. The average Bonchev–Trinajstić information content (AvgIpc) is 2.96. The van der Waals surface area contributed by atoms with Crippen molar-refractivity contribution in [2.75, 3.05) is 26.2 Å². The largest absolute Gasteiger partial charge is 0.330 e. The van der Waals surface area contributed by atoms with E-state index in [0.717, 1.165) is 12.0 Å². The summed E-state index contributed by atoms with van der Waals surface area (Å²) < 4.78 is 0. The van der Waals surface area contributed by atoms with Crippen molar-refractivity contribution >= 4 is 0 Å². The van der Waals surface area contributed by atoms with E-state index in [2.05, 4.69) is 4.90 Å². The molecule has 2 heteroatoms. The lowest BCUT2D eigenvalue weighted by Crippen LogP contribution is -2.42. The second-order valence-corrected chi connectivity index (χ2v) is 8.06. The predicted molar refractivity (Wildman–Crippen MR) is 85.8 cm³/mol. The molecule has 1 saturated heterocycles. The third-order valence-corrected chi connectivity index (χ3v) is 6.89. The van der Waals surface area contributed by atoms with Crippen molar-refractivity contribution in [2.45, 2.75) is 77.0 Å². The molecular weight excluding hydrogens is 244 g/mol. The van der Waals surface area contributed by atoms with E-state index in [0.29, 0.717) is 5.41 Å². The van der Waals surface area contributed by atoms with Crippen LogP contribution in [0.4, 0.5) is 0 Å². The molecule has 1 aliphatic heterocycles. The smallest absolute Gasteiger partial charge is 0.00130 e. The van der Waals surface area contributed by atoms with Crippen LogP contribution in [0, 0.1) is 10.8 Å². The Morgan fingerprint density at radius 1 is 0.750 bits per heavy atom. The summed E-state index contributed by atoms with van der Waals surface area (Å²) in [5.74, 6) is 0. The van der Waals surface area contributed by atoms with Crippen molar-refractivity contribution in [3.63, 3.8) is 0 Å². The van der Waals surface area contributed by atoms with E-state index in [-0.39, 0.29) is 0 Å². The van der Waals surface area contributed by atoms with Crippen LogP contribution in [-0.4, -0.2) is 31.1 Å². The third kappa shape index (κ3) is 3.22. The molecule has 0 aromatic rings. The molecule has 3 fully saturated rings. The second kappa shape index (κ2) is 6.36. The first-order valence-electron chi connectivity index (χ1n) is 9.19. The van der Waals surface area contributed by atoms with Crippen LogP contribution in [0.3, 0.4) is 0 Å². The highest BCUT2D eigenvalue weighted by Gasteiger charge is 2.37. The first-order chi connectivity index (χ1) is 9.76. The molecule has 0 unspecified atom stereocenters. The molecule has 2 saturated carbocycles. The standard InChI is InChI=1S/C18H34N2/c19-16-18(8-2-1-3-9-18)12-15-20-13-10-17(11-14-20)6-4-5-7-17/h1-16,19H2. The van der Waals surface area contributed by atoms with Crippen LogP contribution in [0.5, 0.6) is 0 Å². The highest BCUT2D eigenvalue weighted by molar-refractivity contribution is 4.91. The Kier molecular flexibility index (Phi) is 4.72. The Labute approximate surface area is 125 Å². The fraction of sp³-hybridized carbons (Fsp3) is 1.00. The van der Waals surface area contributed by atoms with Crippen LogP contribution in [-0.2, 0) is 0 Å². The van der Waals surface area contributed by atoms with Gasteiger partial charge in [0, 0.05) is 0 Å². The summed E-state index contributed by atoms with van der Waals surface area (Å²) in [5, 5.41) is 0. The molecule has 0 amide bonds. The normalized spacial score (nSPS) is 29.9. The van der Waals surface area contributed by atoms with Crippen molar-refractivity contribution in [2.24, 2.45) is 16.6 Å². The summed E-state index contributed by atoms with van der Waals surface area (Å²) >= 11 is 0. The van der Waals surface area contributed by atoms with Crippen LogP contribution in [0.2, 0.25) is 0 Å². The van der Waals surface area contributed by atoms with Gasteiger partial charge in [-0.15, -0.1) is 0 Å². The summed E-state index contributed by atoms with van der Waals surface area (Å²) in [4.78, 5) is 2.75. The molecule has 2 nitrogen and oxygen atoms in total. The van der Waals surface area contributed by atoms with Gasteiger partial charge in [-0.1, -0.05) is 32.1 Å². The molecule has 2 N–H and O–H groups in total. The zero-order valence-corrected chi connectivity index (χ0v) is 13.3. The van der Waals surface area contributed by atoms with Gasteiger partial charge in [0.1, 0.15) is 0 Å². The number of hydrogen-bond acceptors (Lipinski definition) is 2. The van der Waals surface area contributed by atoms with Gasteiger partial charge in [-0.05, 0) is 82.0 Å². The first-order valence-corrected chi connectivity index (χ1v) is 9.19. The molecule has 0 atom stereocenters. The highest BCUT2D eigenvalue weighted by atomic mass is 15.1. The van der Waals surface area contributed by atoms with Gasteiger partial charge in [-0.25, -0.2) is 0 Å². The summed E-state index contributed by atoms with van der Waals surface area (Å²) in [5.41, 5.74) is 7.40. The molecular formula is C18H34N2. The van der Waals surface area contributed by atoms with Crippen molar-refractivity contribution < 1.29 is 0 Å². The van der Waals surface area contributed by atoms with E-state index in [4.69, 9.17) is 5.73 Å². The van der Waals surface area contributed by atoms with Crippen LogP contribution in [0.15, 0.2) is 0 Å². The van der Waals surface area contributed by atoms with Gasteiger partial charge in [-0.3, -0.25) is 0 Å². The summed E-state index contributed by atoms with van der Waals surface area (Å²) in [6.07, 6.45) is 17.4. The number of nitrogens with zero attached hydrogens (tertiary/aromatic N) is 1. The van der Waals surface area contributed by atoms with Gasteiger partial charge in [0.05, 0.1) is 0 Å². The van der Waals surface area contributed by atoms with E-state index in [9.17, 15) is 0 Å². The second-order valence-electron chi connectivity index (χ2n) is 8.06. The molecule has 2 aliphatic carbocycles. The minimum atomic E-state index is 0.501. The van der Waals surface area contributed by atoms with E-state index >= 15 is 0 Å². The molecule has 20 heavy (non-hydrogen) atoms. The minimum Gasteiger partial charge on any atom is -0.330 e. The van der Waals surface area contributed by atoms with Crippen LogP contribution in [0.1, 0.15) is 77.0 Å². The molecule has 1 heterocycles. The van der Waals surface area contributed by atoms with Crippen LogP contribution in [0.25, 0.3) is 0 Å². The predicted octanol–water partition coefficient (Wildman–Crippen LogP) is 3.94. The maximum atomic E-state index is 6.13. The van der Waals surface area contributed by atoms with Crippen LogP contribution < -0.4 is 5.73 Å². The molecule has 0 aromatic heterocycles. The monoisotopic (exact) mass is 278 g/mol. The van der Waals surface area contributed by atoms with Gasteiger partial charge in [-0.2, -0.15) is 0 Å². The Balaban J connectivity index is 1.45. The molecule has 3 aliphatic rings. The molecule has 0 bridgehead atoms. The molecule has 0 radical (unpaired) electrons. The highest BCUT2D eigenvalue weighted by Crippen LogP contribution is 2.46. The Morgan fingerprint density at radius 3 is 1.95 bits per heavy atom. The number of nitrogens with two attached hydrogens (primary N) is 1. The summed E-state index contributed by atoms with van der Waals surface area (Å²) in [6.45, 7) is 4.96. The molecule has 116 valence electrons. The number of hydrogen-bond donors (Lipinski definition) is 1. The summed E-state index contributed by atoms with van der Waals surface area (Å²) in [7, 11) is 0. The Hall–Kier alpha value is -0.0800. The quantitative estimate of drug-likeness (QED) is 0.844. The lowest BCUT2D eigenvalue weighted by Gasteiger charge is -2.42. The minimum absolute atomic E-state index is 0.501. The van der Waals surface area contributed by atoms with Gasteiger partial charge in [0.25, 0.3) is 0 Å². The molecule has 0 aromatic carbocycles. The van der Waals surface area contributed by atoms with Crippen molar-refractivity contribution in [3.05, 3.63) is 0 Å². The van der Waals surface area contributed by atoms with E-state index in [1.54, 1.807) is 0 Å². The summed E-state index contributed by atoms with van der Waals surface area (Å²) in [6, 6.07) is 0. The Bertz CT molecular complexity index is 291. The number of piperidine rings is 1. The third-order valence-electron chi connectivity index (χ3n) is 6.89. The maximum absolute atomic E-state index is 6.13. The Morgan fingerprint density at radius 2 is 1.35 bits per heavy atom. The average molecular weight is 278 g/mol. The molecule has 3 rings (SSSR count).